The highest BCUT2D eigenvalue weighted by atomic mass is 79.9. The Labute approximate surface area is 803 Å². The highest BCUT2D eigenvalue weighted by Crippen LogP contribution is 2.48. The van der Waals surface area contributed by atoms with Crippen LogP contribution in [0.5, 0.6) is 23.0 Å². The average Bonchev–Trinajstić information content (AvgIpc) is 0.770. The minimum Gasteiger partial charge on any atom is -0.508 e. The first kappa shape index (κ1) is 101. The summed E-state index contributed by atoms with van der Waals surface area (Å²) in [5, 5.41) is 49.1. The van der Waals surface area contributed by atoms with Gasteiger partial charge in [-0.25, -0.2) is 0 Å². The number of rotatable bonds is 7. The first-order valence-electron chi connectivity index (χ1n) is 40.4. The molecule has 20 nitrogen and oxygen atoms in total. The van der Waals surface area contributed by atoms with Gasteiger partial charge in [-0.05, 0) is 288 Å². The van der Waals surface area contributed by atoms with Crippen molar-refractivity contribution < 1.29 is 68.7 Å². The van der Waals surface area contributed by atoms with Crippen molar-refractivity contribution in [3.8, 4) is 56.4 Å². The molecular formula is C96H96BBr5Cl4FN7O13. The van der Waals surface area contributed by atoms with Crippen molar-refractivity contribution in [3.63, 3.8) is 0 Å². The molecule has 0 aromatic heterocycles. The summed E-state index contributed by atoms with van der Waals surface area (Å²) < 4.78 is 36.6. The van der Waals surface area contributed by atoms with Gasteiger partial charge in [0.05, 0.1) is 54.5 Å². The number of phenols is 1. The molecule has 18 rings (SSSR count). The third-order valence-electron chi connectivity index (χ3n) is 20.6. The number of phenolic OH excluding ortho intramolecular Hbond substituents is 1. The summed E-state index contributed by atoms with van der Waals surface area (Å²) >= 11 is 41.0. The van der Waals surface area contributed by atoms with E-state index in [1.165, 1.54) is 29.7 Å². The number of hydrogen-bond acceptors (Lipinski definition) is 13. The number of ether oxygens (including phenoxy) is 3. The number of aryl methyl sites for hydroxylation is 9. The average molecular weight is 2130 g/mol. The number of hydrogen-bond donors (Lipinski definition) is 10. The molecule has 127 heavy (non-hydrogen) atoms. The summed E-state index contributed by atoms with van der Waals surface area (Å²) in [7, 11) is 5.22. The van der Waals surface area contributed by atoms with Crippen LogP contribution < -0.4 is 56.9 Å². The lowest BCUT2D eigenvalue weighted by molar-refractivity contribution is -0.117. The van der Waals surface area contributed by atoms with Gasteiger partial charge >= 0.3 is 7.12 Å². The number of amides is 7. The zero-order valence-electron chi connectivity index (χ0n) is 70.9. The van der Waals surface area contributed by atoms with Gasteiger partial charge in [-0.15, -0.1) is 0 Å². The van der Waals surface area contributed by atoms with Gasteiger partial charge in [0.15, 0.2) is 0 Å². The van der Waals surface area contributed by atoms with E-state index in [-0.39, 0.29) is 54.5 Å². The second-order valence-electron chi connectivity index (χ2n) is 29.2. The van der Waals surface area contributed by atoms with Gasteiger partial charge in [-0.2, -0.15) is 0 Å². The Hall–Kier alpha value is -9.62. The quantitative estimate of drug-likeness (QED) is 0.0665. The van der Waals surface area contributed by atoms with Crippen LogP contribution >= 0.6 is 126 Å². The van der Waals surface area contributed by atoms with E-state index in [1.807, 2.05) is 124 Å². The predicted molar refractivity (Wildman–Crippen MR) is 531 cm³/mol. The first-order chi connectivity index (χ1) is 60.8. The third kappa shape index (κ3) is 28.0. The summed E-state index contributed by atoms with van der Waals surface area (Å²) in [5.74, 6) is 2.83. The van der Waals surface area contributed by atoms with Crippen molar-refractivity contribution in [1.82, 2.24) is 0 Å². The summed E-state index contributed by atoms with van der Waals surface area (Å²) in [6, 6.07) is 54.6. The molecule has 0 aliphatic carbocycles. The Morgan fingerprint density at radius 2 is 0.717 bits per heavy atom. The first-order valence-corrected chi connectivity index (χ1v) is 44.9. The fraction of sp³-hybridized carbons (Fsp3) is 0.240. The highest BCUT2D eigenvalue weighted by molar-refractivity contribution is 9.11. The van der Waals surface area contributed by atoms with Gasteiger partial charge in [0.1, 0.15) is 23.0 Å². The van der Waals surface area contributed by atoms with Gasteiger partial charge in [-0.1, -0.05) is 160 Å². The molecule has 7 aliphatic heterocycles. The summed E-state index contributed by atoms with van der Waals surface area (Å²) in [4.78, 5) is 79.1. The molecule has 0 fully saturated rings. The molecule has 0 saturated heterocycles. The monoisotopic (exact) mass is 2120 g/mol. The Morgan fingerprint density at radius 1 is 0.362 bits per heavy atom. The van der Waals surface area contributed by atoms with Crippen molar-refractivity contribution in [2.24, 2.45) is 0 Å². The normalized spacial score (nSPS) is 13.5. The van der Waals surface area contributed by atoms with E-state index in [0.717, 1.165) is 180 Å². The molecule has 11 aromatic rings. The molecule has 7 aliphatic rings. The summed E-state index contributed by atoms with van der Waals surface area (Å²) in [6.45, 7) is 6.06. The Kier molecular flexibility index (Phi) is 38.8. The number of anilines is 7. The summed E-state index contributed by atoms with van der Waals surface area (Å²) in [5.41, 5.74) is 24.0. The van der Waals surface area contributed by atoms with Gasteiger partial charge < -0.3 is 66.6 Å². The maximum atomic E-state index is 11.8. The molecule has 11 aromatic carbocycles. The van der Waals surface area contributed by atoms with Crippen molar-refractivity contribution in [1.29, 1.82) is 0 Å². The molecule has 0 unspecified atom stereocenters. The van der Waals surface area contributed by atoms with Crippen LogP contribution in [0.3, 0.4) is 0 Å². The topological polar surface area (TPSA) is 292 Å². The van der Waals surface area contributed by atoms with Crippen molar-refractivity contribution >= 4 is 220 Å². The summed E-state index contributed by atoms with van der Waals surface area (Å²) in [6.07, 6.45) is 9.39. The maximum Gasteiger partial charge on any atom is 0.488 e. The lowest BCUT2D eigenvalue weighted by atomic mass is 9.81. The molecule has 0 atom stereocenters. The minimum atomic E-state index is -1.41. The number of carbonyl (C=O) groups is 7. The number of alkyl halides is 1. The molecule has 7 heterocycles. The Balaban J connectivity index is 0.000000182. The molecule has 666 valence electrons. The predicted octanol–water partition coefficient (Wildman–Crippen LogP) is 24.3. The van der Waals surface area contributed by atoms with Crippen LogP contribution in [-0.4, -0.2) is 92.1 Å². The van der Waals surface area contributed by atoms with E-state index in [2.05, 4.69) is 153 Å². The van der Waals surface area contributed by atoms with Crippen LogP contribution in [0, 0.1) is 20.8 Å². The lowest BCUT2D eigenvalue weighted by Crippen LogP contribution is -2.29. The van der Waals surface area contributed by atoms with Gasteiger partial charge in [0.25, 0.3) is 0 Å². The SMILES string of the molecule is C.CF.COc1c(-c2ccc(Cl)cc2)cc2c(c1Br)NC(=O)CC2.COc1c(Br)cc2c(c1-c1ccc(Cl)cc1)NC(=O)CC2.COc1cc2c(cc1-c1ccc(Cl)cc1)CCC(=O)N2.Cc1c(Br)cc2c(c1Br)NC(=O)CC2.Cc1cc2c(cc1Br)CCC(=O)N2.Cc1ccc2c(c1)NC(=O)CC2.O=C1CCc2ccc(O)cc2N1.OB(O)c1ccc(Cl)cc1.[2H]C. The number of nitrogens with one attached hydrogen (secondary N) is 7. The smallest absolute Gasteiger partial charge is 0.488 e. The zero-order valence-corrected chi connectivity index (χ0v) is 80.9. The van der Waals surface area contributed by atoms with Crippen molar-refractivity contribution in [2.45, 2.75) is 125 Å². The second-order valence-corrected chi connectivity index (χ2v) is 35.1. The van der Waals surface area contributed by atoms with E-state index < -0.39 is 7.12 Å². The van der Waals surface area contributed by atoms with E-state index in [1.54, 1.807) is 57.7 Å². The van der Waals surface area contributed by atoms with E-state index in [9.17, 15) is 38.0 Å². The number of carbonyl (C=O) groups excluding carboxylic acids is 7. The number of halogens is 10. The molecule has 0 saturated carbocycles. The fourth-order valence-corrected chi connectivity index (χ4v) is 17.6. The third-order valence-corrected chi connectivity index (χ3v) is 25.6. The standard InChI is InChI=1S/2C16H13BrClNO2.C16H14ClNO2.C10H9Br2NO.C10H10BrNO.C10H11NO.C9H9NO2.C6H6BClO2.CH3F.2CH4/c1-21-16-12(17)8-10-4-7-13(20)19-15(10)14(16)9-2-5-11(18)6-3-9;1-21-16-12(9-2-5-11(18)6-3-9)8-10-4-7-13(20)19-15(10)14(16)17;1-20-15-9-14-11(4-7-16(19)18-14)8-13(15)10-2-5-12(17)6-3-10;1-5-7(11)4-6-2-3-8(14)13-10(6)9(5)12;1-6-4-9-7(5-8(6)11)2-3-10(13)12-9;1-7-2-3-8-4-5-10(12)11-9(8)6-7;11-7-3-1-6-2-4-9(12)10-8(6)5-7;8-6-3-1-5(2-4-6)7(9)10;1-2;;/h2*2-3,5-6,8H,4,7H2,1H3,(H,19,20);2-3,5-6,8-9H,4,7H2,1H3,(H,18,19);4H,2-3H2,1H3,(H,13,14);4-5H,2-3H2,1H3,(H,12,13);2-3,6H,4-5H2,1H3,(H,11,12);1,3,5,11H,2,4H2,(H,10,12);1-4,9-10H;1H3;2*1H4/i;;;;;;;;;1D;. The molecule has 10 N–H and O–H groups in total. The fourth-order valence-electron chi connectivity index (χ4n) is 14.0. The van der Waals surface area contributed by atoms with E-state index in [0.29, 0.717) is 89.2 Å². The molecule has 7 amide bonds. The van der Waals surface area contributed by atoms with Crippen LogP contribution in [0.4, 0.5) is 44.2 Å². The minimum absolute atomic E-state index is 0. The van der Waals surface area contributed by atoms with E-state index >= 15 is 0 Å². The number of fused-ring (bicyclic) bond motifs is 7. The number of aromatic hydroxyl groups is 1. The number of benzene rings is 11. The molecule has 0 bridgehead atoms. The van der Waals surface area contributed by atoms with Gasteiger partial charge in [0.2, 0.25) is 41.4 Å². The molecular weight excluding hydrogens is 2030 g/mol. The van der Waals surface area contributed by atoms with E-state index in [4.69, 9.17) is 77.1 Å². The van der Waals surface area contributed by atoms with Crippen LogP contribution in [-0.2, 0) is 78.5 Å². The van der Waals surface area contributed by atoms with Crippen LogP contribution in [0.2, 0.25) is 20.1 Å². The van der Waals surface area contributed by atoms with Crippen LogP contribution in [0.25, 0.3) is 33.4 Å². The van der Waals surface area contributed by atoms with Gasteiger partial charge in [0, 0.05) is 131 Å². The zero-order chi connectivity index (χ0) is 92.5. The van der Waals surface area contributed by atoms with Crippen LogP contribution in [0.15, 0.2) is 198 Å². The molecule has 0 spiro atoms. The van der Waals surface area contributed by atoms with Gasteiger partial charge in [-0.3, -0.25) is 38.0 Å². The number of methoxy groups -OCH3 is 3. The largest absolute Gasteiger partial charge is 0.508 e. The molecule has 0 radical (unpaired) electrons. The Morgan fingerprint density at radius 3 is 1.19 bits per heavy atom. The van der Waals surface area contributed by atoms with Crippen molar-refractivity contribution in [3.05, 3.63) is 274 Å². The van der Waals surface area contributed by atoms with Crippen LogP contribution in [0.1, 0.15) is 117 Å². The Bertz CT molecular complexity index is 5780. The molecule has 31 heteroatoms. The second kappa shape index (κ2) is 48.7. The highest BCUT2D eigenvalue weighted by Gasteiger charge is 2.28. The maximum absolute atomic E-state index is 11.8. The van der Waals surface area contributed by atoms with Crippen molar-refractivity contribution in [2.75, 3.05) is 65.7 Å². The lowest BCUT2D eigenvalue weighted by Gasteiger charge is -2.23.